The maximum Gasteiger partial charge on any atom is 0.307 e. The zero-order valence-corrected chi connectivity index (χ0v) is 8.23. The van der Waals surface area contributed by atoms with Gasteiger partial charge < -0.3 is 9.90 Å². The van der Waals surface area contributed by atoms with Gasteiger partial charge in [-0.1, -0.05) is 6.92 Å². The van der Waals surface area contributed by atoms with Crippen molar-refractivity contribution in [2.75, 3.05) is 0 Å². The Bertz CT molecular complexity index is 77.7. The van der Waals surface area contributed by atoms with Gasteiger partial charge in [0.15, 0.2) is 0 Å². The maximum atomic E-state index is 8.89. The fraction of sp³-hybridized carbons (Fsp3) is 0.857. The van der Waals surface area contributed by atoms with Crippen LogP contribution in [0.1, 0.15) is 20.3 Å². The van der Waals surface area contributed by atoms with Crippen LogP contribution in [0.25, 0.3) is 0 Å². The van der Waals surface area contributed by atoms with Crippen LogP contribution in [-0.4, -0.2) is 14.8 Å². The van der Waals surface area contributed by atoms with E-state index in [0.717, 1.165) is 6.92 Å². The second kappa shape index (κ2) is 8.69. The van der Waals surface area contributed by atoms with Crippen molar-refractivity contribution in [2.45, 2.75) is 39.4 Å². The first kappa shape index (κ1) is 12.4. The van der Waals surface area contributed by atoms with Crippen molar-refractivity contribution in [1.29, 1.82) is 0 Å². The van der Waals surface area contributed by atoms with Crippen LogP contribution >= 0.6 is 0 Å². The summed E-state index contributed by atoms with van der Waals surface area (Å²) in [6, 6.07) is 1.48. The molecule has 0 atom stereocenters. The predicted molar refractivity (Wildman–Crippen MR) is 43.3 cm³/mol. The molecule has 0 aromatic heterocycles. The molecule has 10 heavy (non-hydrogen) atoms. The monoisotopic (exact) mass is 160 g/mol. The Hall–Kier alpha value is -0.313. The molecular weight excluding hydrogens is 144 g/mol. The van der Waals surface area contributed by atoms with Gasteiger partial charge in [-0.25, -0.2) is 0 Å². The third kappa shape index (κ3) is 47.6. The topological polar surface area (TPSA) is 40.1 Å². The first-order valence-electron chi connectivity index (χ1n) is 3.47. The zero-order chi connectivity index (χ0) is 8.57. The Morgan fingerprint density at radius 2 is 1.80 bits per heavy atom. The van der Waals surface area contributed by atoms with Gasteiger partial charge in [-0.3, -0.25) is 0 Å². The number of carboxylic acids is 1. The highest BCUT2D eigenvalue weighted by atomic mass is 28.3. The minimum absolute atomic E-state index is 0.114. The molecule has 0 spiro atoms. The highest BCUT2D eigenvalue weighted by Gasteiger charge is 2.05. The molecule has 0 aliphatic heterocycles. The van der Waals surface area contributed by atoms with Crippen LogP contribution in [0.15, 0.2) is 0 Å². The number of rotatable bonds is 2. The largest absolute Gasteiger partial charge is 0.550 e. The normalized spacial score (nSPS) is 7.60. The van der Waals surface area contributed by atoms with Crippen LogP contribution in [0.2, 0.25) is 19.1 Å². The lowest BCUT2D eigenvalue weighted by molar-refractivity contribution is -0.302. The zero-order valence-electron chi connectivity index (χ0n) is 7.23. The van der Waals surface area contributed by atoms with Gasteiger partial charge in [-0.05, 0) is 13.3 Å². The summed E-state index contributed by atoms with van der Waals surface area (Å²) in [6.45, 7) is 7.93. The number of aliphatic carboxylic acids is 1. The minimum Gasteiger partial charge on any atom is -0.550 e. The number of carbonyl (C=O) groups excluding carboxylic acids is 1. The van der Waals surface area contributed by atoms with Crippen molar-refractivity contribution in [3.8, 4) is 0 Å². The lowest BCUT2D eigenvalue weighted by Gasteiger charge is -1.78. The summed E-state index contributed by atoms with van der Waals surface area (Å²) in [5, 5.41) is 8.89. The molecule has 60 valence electrons. The second-order valence-corrected chi connectivity index (χ2v) is 5.36. The molecule has 0 aromatic carbocycles. The summed E-state index contributed by atoms with van der Waals surface area (Å²) in [4.78, 5) is 8.89. The van der Waals surface area contributed by atoms with E-state index in [2.05, 4.69) is 20.0 Å². The van der Waals surface area contributed by atoms with Crippen LogP contribution in [0.3, 0.4) is 0 Å². The molecule has 0 unspecified atom stereocenters. The molecule has 0 fully saturated rings. The average molecular weight is 160 g/mol. The summed E-state index contributed by atoms with van der Waals surface area (Å²) >= 11 is 0. The lowest BCUT2D eigenvalue weighted by Crippen LogP contribution is -2.16. The molecule has 0 rings (SSSR count). The number of carboxylic acid groups (broad SMARTS) is 1. The average Bonchev–Trinajstić information content (AvgIpc) is 1.62. The molecule has 0 aliphatic rings. The Labute approximate surface area is 64.9 Å². The van der Waals surface area contributed by atoms with Crippen LogP contribution in [0.4, 0.5) is 0 Å². The Morgan fingerprint density at radius 1 is 1.50 bits per heavy atom. The summed E-state index contributed by atoms with van der Waals surface area (Å²) in [7, 11) is 0.114. The third-order valence-corrected chi connectivity index (χ3v) is 2.25. The smallest absolute Gasteiger partial charge is 0.307 e. The highest BCUT2D eigenvalue weighted by Crippen LogP contribution is 1.92. The van der Waals surface area contributed by atoms with Gasteiger partial charge in [0, 0.05) is 5.97 Å². The first-order valence-corrected chi connectivity index (χ1v) is 6.18. The summed E-state index contributed by atoms with van der Waals surface area (Å²) < 4.78 is 0. The van der Waals surface area contributed by atoms with Gasteiger partial charge >= 0.3 is 8.80 Å². The van der Waals surface area contributed by atoms with Crippen LogP contribution in [0, 0.1) is 0 Å². The molecule has 0 N–H and O–H groups in total. The van der Waals surface area contributed by atoms with Gasteiger partial charge in [0.2, 0.25) is 0 Å². The van der Waals surface area contributed by atoms with Crippen molar-refractivity contribution >= 4 is 14.8 Å². The Balaban J connectivity index is 0. The molecule has 0 amide bonds. The Morgan fingerprint density at radius 3 is 1.80 bits per heavy atom. The Kier molecular flexibility index (Phi) is 10.7. The van der Waals surface area contributed by atoms with Crippen molar-refractivity contribution in [2.24, 2.45) is 0 Å². The third-order valence-electron chi connectivity index (χ3n) is 0.750. The van der Waals surface area contributed by atoms with Gasteiger partial charge in [0.1, 0.15) is 0 Å². The molecule has 0 radical (unpaired) electrons. The summed E-state index contributed by atoms with van der Waals surface area (Å²) in [5.74, 6) is -1.08. The van der Waals surface area contributed by atoms with E-state index in [1.54, 1.807) is 0 Å². The lowest BCUT2D eigenvalue weighted by atomic mass is 10.6. The van der Waals surface area contributed by atoms with Crippen LogP contribution in [0.5, 0.6) is 0 Å². The SMILES string of the molecule is CC(=O)[O-].CCC[Si+](C)C. The van der Waals surface area contributed by atoms with Gasteiger partial charge in [0.25, 0.3) is 0 Å². The highest BCUT2D eigenvalue weighted by molar-refractivity contribution is 6.55. The summed E-state index contributed by atoms with van der Waals surface area (Å²) in [6.07, 6.45) is 1.38. The molecule has 0 bridgehead atoms. The van der Waals surface area contributed by atoms with E-state index in [-0.39, 0.29) is 8.80 Å². The van der Waals surface area contributed by atoms with E-state index in [4.69, 9.17) is 9.90 Å². The fourth-order valence-electron chi connectivity index (χ4n) is 0.500. The number of carbonyl (C=O) groups is 1. The van der Waals surface area contributed by atoms with E-state index < -0.39 is 5.97 Å². The van der Waals surface area contributed by atoms with Crippen molar-refractivity contribution < 1.29 is 9.90 Å². The van der Waals surface area contributed by atoms with Crippen molar-refractivity contribution in [1.82, 2.24) is 0 Å². The van der Waals surface area contributed by atoms with Gasteiger partial charge in [-0.15, -0.1) is 0 Å². The van der Waals surface area contributed by atoms with Gasteiger partial charge in [0.05, 0.1) is 19.1 Å². The quantitative estimate of drug-likeness (QED) is 0.563. The van der Waals surface area contributed by atoms with Crippen LogP contribution in [-0.2, 0) is 4.79 Å². The first-order chi connectivity index (χ1) is 4.50. The minimum atomic E-state index is -1.08. The molecule has 0 aliphatic carbocycles. The van der Waals surface area contributed by atoms with Gasteiger partial charge in [-0.2, -0.15) is 0 Å². The molecule has 0 heterocycles. The molecule has 3 heteroatoms. The second-order valence-electron chi connectivity index (χ2n) is 2.45. The van der Waals surface area contributed by atoms with E-state index in [0.29, 0.717) is 0 Å². The summed E-state index contributed by atoms with van der Waals surface area (Å²) in [5.41, 5.74) is 0. The van der Waals surface area contributed by atoms with E-state index in [1.807, 2.05) is 0 Å². The molecule has 0 saturated carbocycles. The van der Waals surface area contributed by atoms with Crippen LogP contribution < -0.4 is 5.11 Å². The molecular formula is C7H16O2Si. The fourth-order valence-corrected chi connectivity index (χ4v) is 1.50. The van der Waals surface area contributed by atoms with Crippen molar-refractivity contribution in [3.63, 3.8) is 0 Å². The molecule has 2 nitrogen and oxygen atoms in total. The maximum absolute atomic E-state index is 8.89. The molecule has 0 aromatic rings. The van der Waals surface area contributed by atoms with E-state index >= 15 is 0 Å². The number of hydrogen-bond acceptors (Lipinski definition) is 2. The van der Waals surface area contributed by atoms with Crippen molar-refractivity contribution in [3.05, 3.63) is 0 Å². The number of hydrogen-bond donors (Lipinski definition) is 0. The standard InChI is InChI=1S/C5H13Si.C2H4O2/c1-4-5-6(2)3;1-2(3)4/h4-5H2,1-3H3;1H3,(H,3,4)/q+1;/p-1. The predicted octanol–water partition coefficient (Wildman–Crippen LogP) is 0.907. The van der Waals surface area contributed by atoms with E-state index in [9.17, 15) is 0 Å². The molecule has 0 saturated heterocycles. The van der Waals surface area contributed by atoms with E-state index in [1.165, 1.54) is 12.5 Å².